The van der Waals surface area contributed by atoms with E-state index in [4.69, 9.17) is 4.74 Å². The van der Waals surface area contributed by atoms with Gasteiger partial charge in [-0.3, -0.25) is 4.79 Å². The van der Waals surface area contributed by atoms with Crippen molar-refractivity contribution < 1.29 is 14.3 Å². The number of amides is 1. The molecule has 1 N–H and O–H groups in total. The molecule has 0 aromatic rings. The molecular formula is C12H18N2O3S. The Morgan fingerprint density at radius 3 is 3.06 bits per heavy atom. The predicted octanol–water partition coefficient (Wildman–Crippen LogP) is 0.345. The van der Waals surface area contributed by atoms with Crippen LogP contribution in [0.25, 0.3) is 0 Å². The molecule has 6 heteroatoms. The van der Waals surface area contributed by atoms with E-state index in [2.05, 4.69) is 5.32 Å². The van der Waals surface area contributed by atoms with Crippen molar-refractivity contribution in [3.8, 4) is 0 Å². The first-order valence-corrected chi connectivity index (χ1v) is 7.50. The first-order chi connectivity index (χ1) is 8.68. The van der Waals surface area contributed by atoms with Crippen LogP contribution >= 0.6 is 11.8 Å². The van der Waals surface area contributed by atoms with Crippen LogP contribution < -0.4 is 5.32 Å². The van der Waals surface area contributed by atoms with Crippen LogP contribution in [0.2, 0.25) is 0 Å². The van der Waals surface area contributed by atoms with Crippen LogP contribution in [0.5, 0.6) is 0 Å². The molecule has 0 saturated carbocycles. The summed E-state index contributed by atoms with van der Waals surface area (Å²) in [4.78, 5) is 26.1. The number of ether oxygens (including phenoxy) is 1. The minimum Gasteiger partial charge on any atom is -0.467 e. The second kappa shape index (κ2) is 4.42. The van der Waals surface area contributed by atoms with Gasteiger partial charge in [0.1, 0.15) is 11.6 Å². The molecule has 3 aliphatic rings. The minimum absolute atomic E-state index is 0.104. The fourth-order valence-corrected chi connectivity index (χ4v) is 4.77. The van der Waals surface area contributed by atoms with E-state index in [9.17, 15) is 9.59 Å². The molecule has 18 heavy (non-hydrogen) atoms. The molecule has 0 aromatic heterocycles. The van der Waals surface area contributed by atoms with Crippen molar-refractivity contribution in [3.05, 3.63) is 0 Å². The molecular weight excluding hydrogens is 252 g/mol. The zero-order valence-corrected chi connectivity index (χ0v) is 11.3. The maximum Gasteiger partial charge on any atom is 0.329 e. The van der Waals surface area contributed by atoms with Gasteiger partial charge in [0.25, 0.3) is 0 Å². The second-order valence-electron chi connectivity index (χ2n) is 5.21. The van der Waals surface area contributed by atoms with Crippen molar-refractivity contribution >= 4 is 23.6 Å². The van der Waals surface area contributed by atoms with Crippen LogP contribution in [0, 0.1) is 0 Å². The summed E-state index contributed by atoms with van der Waals surface area (Å²) in [5, 5.41) is 3.54. The number of fused-ring (bicyclic) bond motifs is 1. The third-order valence-corrected chi connectivity index (χ3v) is 5.51. The molecule has 3 atom stereocenters. The zero-order chi connectivity index (χ0) is 12.8. The Morgan fingerprint density at radius 2 is 2.39 bits per heavy atom. The summed E-state index contributed by atoms with van der Waals surface area (Å²) in [5.74, 6) is 0.484. The highest BCUT2D eigenvalue weighted by Crippen LogP contribution is 2.45. The highest BCUT2D eigenvalue weighted by molar-refractivity contribution is 8.00. The molecule has 0 aromatic carbocycles. The Balaban J connectivity index is 1.83. The number of piperidine rings is 1. The Bertz CT molecular complexity index is 382. The van der Waals surface area contributed by atoms with Crippen molar-refractivity contribution in [1.82, 2.24) is 10.2 Å². The lowest BCUT2D eigenvalue weighted by atomic mass is 9.87. The van der Waals surface area contributed by atoms with Crippen molar-refractivity contribution in [1.29, 1.82) is 0 Å². The first kappa shape index (κ1) is 12.3. The topological polar surface area (TPSA) is 58.6 Å². The van der Waals surface area contributed by atoms with Crippen molar-refractivity contribution in [3.63, 3.8) is 0 Å². The first-order valence-electron chi connectivity index (χ1n) is 6.45. The highest BCUT2D eigenvalue weighted by Gasteiger charge is 2.57. The molecule has 100 valence electrons. The van der Waals surface area contributed by atoms with Gasteiger partial charge in [-0.25, -0.2) is 4.79 Å². The Morgan fingerprint density at radius 1 is 1.56 bits per heavy atom. The SMILES string of the molecule is COC(=O)[C@H]1CS[C@@H]2C[C@]3(CCCCN3)C(=O)N12. The van der Waals surface area contributed by atoms with Crippen LogP contribution in [0.4, 0.5) is 0 Å². The number of hydrogen-bond acceptors (Lipinski definition) is 5. The second-order valence-corrected chi connectivity index (χ2v) is 6.42. The summed E-state index contributed by atoms with van der Waals surface area (Å²) in [5.41, 5.74) is -0.400. The monoisotopic (exact) mass is 270 g/mol. The Hall–Kier alpha value is -0.750. The van der Waals surface area contributed by atoms with Gasteiger partial charge in [0.15, 0.2) is 0 Å². The molecule has 1 spiro atoms. The summed E-state index contributed by atoms with van der Waals surface area (Å²) in [6.07, 6.45) is 3.94. The fraction of sp³-hybridized carbons (Fsp3) is 0.833. The number of hydrogen-bond donors (Lipinski definition) is 1. The van der Waals surface area contributed by atoms with E-state index < -0.39 is 5.54 Å². The molecule has 3 aliphatic heterocycles. The van der Waals surface area contributed by atoms with Crippen molar-refractivity contribution in [2.45, 2.75) is 42.6 Å². The quantitative estimate of drug-likeness (QED) is 0.697. The summed E-state index contributed by atoms with van der Waals surface area (Å²) >= 11 is 1.70. The fourth-order valence-electron chi connectivity index (χ4n) is 3.27. The van der Waals surface area contributed by atoms with Crippen molar-refractivity contribution in [2.75, 3.05) is 19.4 Å². The lowest BCUT2D eigenvalue weighted by Gasteiger charge is -2.33. The van der Waals surface area contributed by atoms with Gasteiger partial charge in [0, 0.05) is 12.2 Å². The molecule has 3 fully saturated rings. The van der Waals surface area contributed by atoms with Crippen LogP contribution in [0.15, 0.2) is 0 Å². The minimum atomic E-state index is -0.400. The molecule has 1 amide bonds. The van der Waals surface area contributed by atoms with Crippen molar-refractivity contribution in [2.24, 2.45) is 0 Å². The largest absolute Gasteiger partial charge is 0.467 e. The Kier molecular flexibility index (Phi) is 3.02. The third-order valence-electron chi connectivity index (χ3n) is 4.23. The van der Waals surface area contributed by atoms with Gasteiger partial charge < -0.3 is 15.0 Å². The highest BCUT2D eigenvalue weighted by atomic mass is 32.2. The van der Waals surface area contributed by atoms with Gasteiger partial charge in [-0.15, -0.1) is 11.8 Å². The van der Waals surface area contributed by atoms with Gasteiger partial charge in [-0.1, -0.05) is 0 Å². The number of carbonyl (C=O) groups is 2. The van der Waals surface area contributed by atoms with Crippen LogP contribution in [0.1, 0.15) is 25.7 Å². The molecule has 0 unspecified atom stereocenters. The van der Waals surface area contributed by atoms with E-state index in [1.807, 2.05) is 0 Å². The summed E-state index contributed by atoms with van der Waals surface area (Å²) in [6, 6.07) is -0.388. The summed E-state index contributed by atoms with van der Waals surface area (Å²) < 4.78 is 4.80. The van der Waals surface area contributed by atoms with E-state index in [-0.39, 0.29) is 23.3 Å². The molecule has 3 rings (SSSR count). The maximum absolute atomic E-state index is 12.6. The van der Waals surface area contributed by atoms with E-state index in [0.29, 0.717) is 5.75 Å². The summed E-state index contributed by atoms with van der Waals surface area (Å²) in [7, 11) is 1.38. The number of thioether (sulfide) groups is 1. The normalized spacial score (nSPS) is 39.2. The maximum atomic E-state index is 12.6. The van der Waals surface area contributed by atoms with Gasteiger partial charge in [0.2, 0.25) is 5.91 Å². The molecule has 3 heterocycles. The van der Waals surface area contributed by atoms with E-state index in [1.54, 1.807) is 16.7 Å². The van der Waals surface area contributed by atoms with Crippen LogP contribution in [-0.4, -0.2) is 53.1 Å². The average molecular weight is 270 g/mol. The van der Waals surface area contributed by atoms with E-state index in [0.717, 1.165) is 32.2 Å². The van der Waals surface area contributed by atoms with Gasteiger partial charge >= 0.3 is 5.97 Å². The average Bonchev–Trinajstić information content (AvgIpc) is 2.90. The van der Waals surface area contributed by atoms with Gasteiger partial charge in [0.05, 0.1) is 12.5 Å². The number of esters is 1. The number of nitrogens with one attached hydrogen (secondary N) is 1. The lowest BCUT2D eigenvalue weighted by Crippen LogP contribution is -2.56. The predicted molar refractivity (Wildman–Crippen MR) is 68.1 cm³/mol. The molecule has 0 bridgehead atoms. The number of rotatable bonds is 1. The smallest absolute Gasteiger partial charge is 0.329 e. The molecule has 0 radical (unpaired) electrons. The molecule has 5 nitrogen and oxygen atoms in total. The van der Waals surface area contributed by atoms with Gasteiger partial charge in [-0.2, -0.15) is 0 Å². The number of nitrogens with zero attached hydrogens (tertiary/aromatic N) is 1. The third kappa shape index (κ3) is 1.66. The Labute approximate surface area is 111 Å². The van der Waals surface area contributed by atoms with Crippen LogP contribution in [0.3, 0.4) is 0 Å². The van der Waals surface area contributed by atoms with Crippen LogP contribution in [-0.2, 0) is 14.3 Å². The molecule has 0 aliphatic carbocycles. The molecule has 3 saturated heterocycles. The standard InChI is InChI=1S/C12H18N2O3S/c1-17-10(15)8-7-18-9-6-12(11(16)14(8)9)4-2-3-5-13-12/h8-9,13H,2-7H2,1H3/t8-,9-,12-/m1/s1. The van der Waals surface area contributed by atoms with E-state index in [1.165, 1.54) is 7.11 Å². The zero-order valence-electron chi connectivity index (χ0n) is 10.5. The number of carbonyl (C=O) groups excluding carboxylic acids is 2. The number of methoxy groups -OCH3 is 1. The lowest BCUT2D eigenvalue weighted by molar-refractivity contribution is -0.151. The summed E-state index contributed by atoms with van der Waals surface area (Å²) in [6.45, 7) is 0.903. The van der Waals surface area contributed by atoms with Gasteiger partial charge in [-0.05, 0) is 25.8 Å². The van der Waals surface area contributed by atoms with E-state index >= 15 is 0 Å².